The number of rotatable bonds is 3. The number of fused-ring (bicyclic) bond motifs is 3. The van der Waals surface area contributed by atoms with Gasteiger partial charge in [0.1, 0.15) is 0 Å². The topological polar surface area (TPSA) is 0 Å². The molecule has 0 atom stereocenters. The van der Waals surface area contributed by atoms with Crippen LogP contribution in [-0.4, -0.2) is 4.21 Å². The van der Waals surface area contributed by atoms with Crippen LogP contribution in [-0.2, 0) is 21.3 Å². The average Bonchev–Trinajstić information content (AvgIpc) is 3.52. The standard InChI is InChI=1S/C13H9.C12H10.C5H5.CH2.2ClH.Zr/c1-3-7-12-10(5-1)9-11-6-2-4-8-13(11)12;1-3-7-11(8-4-1)12-9-5-2-6-10-12;1-2-4-5-3-1;;;;/h1-9H;1-10H;1-3H,4H2;1H2;2*1H;. The SMILES string of the molecule is Cl.Cl.[CH2]=[Zr]([C]1=CC=CC1)[CH]1c2ccccc2-c2ccccc21.c1ccc(-c2ccccc2)cc1. The van der Waals surface area contributed by atoms with Crippen molar-refractivity contribution in [3.8, 4) is 22.3 Å². The molecule has 2 aliphatic carbocycles. The summed E-state index contributed by atoms with van der Waals surface area (Å²) in [4.78, 5) is 0. The Hall–Kier alpha value is -2.31. The van der Waals surface area contributed by atoms with Crippen LogP contribution in [0.3, 0.4) is 0 Å². The maximum Gasteiger partial charge on any atom is -0.0184 e. The summed E-state index contributed by atoms with van der Waals surface area (Å²) in [6.07, 6.45) is 7.94. The van der Waals surface area contributed by atoms with Gasteiger partial charge in [0.25, 0.3) is 0 Å². The van der Waals surface area contributed by atoms with E-state index in [4.69, 9.17) is 0 Å². The van der Waals surface area contributed by atoms with E-state index in [0.717, 1.165) is 6.42 Å². The molecule has 2 aliphatic rings. The number of halogens is 2. The maximum atomic E-state index is 4.69. The molecule has 3 heteroatoms. The Morgan fingerprint density at radius 1 is 0.588 bits per heavy atom. The minimum absolute atomic E-state index is 0. The first-order chi connectivity index (χ1) is 15.8. The van der Waals surface area contributed by atoms with Crippen molar-refractivity contribution in [1.29, 1.82) is 0 Å². The molecule has 0 N–H and O–H groups in total. The van der Waals surface area contributed by atoms with Gasteiger partial charge in [-0.05, 0) is 11.1 Å². The van der Waals surface area contributed by atoms with Gasteiger partial charge in [0.2, 0.25) is 0 Å². The Labute approximate surface area is 223 Å². The molecule has 0 amide bonds. The van der Waals surface area contributed by atoms with E-state index in [1.165, 1.54) is 33.4 Å². The van der Waals surface area contributed by atoms with Crippen molar-refractivity contribution in [2.45, 2.75) is 10.0 Å². The van der Waals surface area contributed by atoms with Crippen LogP contribution < -0.4 is 0 Å². The molecule has 6 rings (SSSR count). The van der Waals surface area contributed by atoms with Crippen molar-refractivity contribution in [1.82, 2.24) is 0 Å². The van der Waals surface area contributed by atoms with E-state index >= 15 is 0 Å². The van der Waals surface area contributed by atoms with Crippen LogP contribution >= 0.6 is 24.8 Å². The Morgan fingerprint density at radius 2 is 1.03 bits per heavy atom. The Balaban J connectivity index is 0.000000201. The van der Waals surface area contributed by atoms with Gasteiger partial charge >= 0.3 is 128 Å². The van der Waals surface area contributed by atoms with Gasteiger partial charge in [0.15, 0.2) is 0 Å². The minimum Gasteiger partial charge on any atom is -0.0622 e. The van der Waals surface area contributed by atoms with E-state index in [0.29, 0.717) is 3.63 Å². The van der Waals surface area contributed by atoms with Crippen LogP contribution in [0.4, 0.5) is 0 Å². The van der Waals surface area contributed by atoms with Crippen LogP contribution in [0.2, 0.25) is 0 Å². The fourth-order valence-corrected chi connectivity index (χ4v) is 10.4. The molecule has 0 heterocycles. The van der Waals surface area contributed by atoms with Crippen molar-refractivity contribution in [3.63, 3.8) is 0 Å². The molecule has 0 fully saturated rings. The zero-order valence-electron chi connectivity index (χ0n) is 18.9. The molecule has 0 nitrogen and oxygen atoms in total. The van der Waals surface area contributed by atoms with E-state index in [9.17, 15) is 0 Å². The summed E-state index contributed by atoms with van der Waals surface area (Å²) in [6, 6.07) is 38.6. The van der Waals surface area contributed by atoms with E-state index in [1.54, 1.807) is 3.28 Å². The van der Waals surface area contributed by atoms with E-state index in [1.807, 2.05) is 12.1 Å². The average molecular weight is 563 g/mol. The third-order valence-corrected chi connectivity index (χ3v) is 12.4. The van der Waals surface area contributed by atoms with Crippen molar-refractivity contribution < 1.29 is 21.3 Å². The predicted octanol–water partition coefficient (Wildman–Crippen LogP) is 8.85. The summed E-state index contributed by atoms with van der Waals surface area (Å²) >= 11 is -1.88. The Kier molecular flexibility index (Phi) is 9.60. The first-order valence-electron chi connectivity index (χ1n) is 11.2. The Morgan fingerprint density at radius 3 is 1.47 bits per heavy atom. The van der Waals surface area contributed by atoms with Crippen molar-refractivity contribution in [3.05, 3.63) is 142 Å². The predicted molar refractivity (Wildman–Crippen MR) is 149 cm³/mol. The zero-order valence-corrected chi connectivity index (χ0v) is 23.0. The van der Waals surface area contributed by atoms with Crippen molar-refractivity contribution in [2.24, 2.45) is 0 Å². The van der Waals surface area contributed by atoms with Gasteiger partial charge in [-0.1, -0.05) is 60.7 Å². The molecule has 0 saturated carbocycles. The molecule has 0 saturated heterocycles. The number of hydrogen-bond acceptors (Lipinski definition) is 0. The first-order valence-corrected chi connectivity index (χ1v) is 15.5. The summed E-state index contributed by atoms with van der Waals surface area (Å²) in [5.41, 5.74) is 8.45. The third kappa shape index (κ3) is 5.50. The molecule has 0 bridgehead atoms. The summed E-state index contributed by atoms with van der Waals surface area (Å²) in [6.45, 7) is 0. The smallest absolute Gasteiger partial charge is 0.0184 e. The molecule has 0 radical (unpaired) electrons. The molecule has 4 aromatic carbocycles. The van der Waals surface area contributed by atoms with Crippen LogP contribution in [0.15, 0.2) is 131 Å². The molecule has 0 aliphatic heterocycles. The normalized spacial score (nSPS) is 12.8. The molecule has 170 valence electrons. The van der Waals surface area contributed by atoms with Crippen molar-refractivity contribution >= 4 is 29.0 Å². The van der Waals surface area contributed by atoms with E-state index in [-0.39, 0.29) is 24.8 Å². The molecule has 34 heavy (non-hydrogen) atoms. The second kappa shape index (κ2) is 12.4. The fraction of sp³-hybridized carbons (Fsp3) is 0.0645. The number of allylic oxidation sites excluding steroid dienone is 4. The quantitative estimate of drug-likeness (QED) is 0.234. The van der Waals surface area contributed by atoms with Crippen LogP contribution in [0.1, 0.15) is 21.2 Å². The molecule has 4 aromatic rings. The van der Waals surface area contributed by atoms with Gasteiger partial charge in [-0.2, -0.15) is 0 Å². The first kappa shape index (κ1) is 26.3. The minimum atomic E-state index is -1.88. The molecular formula is C31H28Cl2Zr. The van der Waals surface area contributed by atoms with Crippen molar-refractivity contribution in [2.75, 3.05) is 0 Å². The third-order valence-electron chi connectivity index (χ3n) is 6.25. The maximum absolute atomic E-state index is 4.69. The largest absolute Gasteiger partial charge is 0.0622 e. The summed E-state index contributed by atoms with van der Waals surface area (Å²) < 4.78 is 6.92. The summed E-state index contributed by atoms with van der Waals surface area (Å²) in [7, 11) is 0. The monoisotopic (exact) mass is 560 g/mol. The number of benzene rings is 4. The van der Waals surface area contributed by atoms with Gasteiger partial charge < -0.3 is 0 Å². The second-order valence-electron chi connectivity index (χ2n) is 8.19. The van der Waals surface area contributed by atoms with Gasteiger partial charge in [-0.25, -0.2) is 0 Å². The number of hydrogen-bond donors (Lipinski definition) is 0. The van der Waals surface area contributed by atoms with Gasteiger partial charge in [0.05, 0.1) is 0 Å². The molecular weight excluding hydrogens is 534 g/mol. The molecule has 0 unspecified atom stereocenters. The molecule has 0 spiro atoms. The molecule has 0 aromatic heterocycles. The van der Waals surface area contributed by atoms with Gasteiger partial charge in [-0.15, -0.1) is 24.8 Å². The van der Waals surface area contributed by atoms with Gasteiger partial charge in [-0.3, -0.25) is 0 Å². The van der Waals surface area contributed by atoms with E-state index < -0.39 is 21.3 Å². The van der Waals surface area contributed by atoms with E-state index in [2.05, 4.69) is 120 Å². The van der Waals surface area contributed by atoms with Crippen LogP contribution in [0, 0.1) is 0 Å². The van der Waals surface area contributed by atoms with Gasteiger partial charge in [0, 0.05) is 0 Å². The zero-order chi connectivity index (χ0) is 21.8. The van der Waals surface area contributed by atoms with Crippen LogP contribution in [0.25, 0.3) is 22.3 Å². The van der Waals surface area contributed by atoms with Crippen LogP contribution in [0.5, 0.6) is 0 Å². The summed E-state index contributed by atoms with van der Waals surface area (Å²) in [5.74, 6) is 0. The second-order valence-corrected chi connectivity index (χ2v) is 13.8. The fourth-order valence-electron chi connectivity index (χ4n) is 4.66. The summed E-state index contributed by atoms with van der Waals surface area (Å²) in [5, 5.41) is 0. The Bertz CT molecular complexity index is 1220.